The van der Waals surface area contributed by atoms with Crippen molar-refractivity contribution in [3.8, 4) is 5.75 Å². The minimum atomic E-state index is -0.670. The Morgan fingerprint density at radius 3 is 2.33 bits per heavy atom. The smallest absolute Gasteiger partial charge is 0.261 e. The zero-order valence-electron chi connectivity index (χ0n) is 20.8. The first-order chi connectivity index (χ1) is 17.5. The van der Waals surface area contributed by atoms with Crippen molar-refractivity contribution < 1.29 is 14.3 Å². The van der Waals surface area contributed by atoms with E-state index >= 15 is 0 Å². The summed E-state index contributed by atoms with van der Waals surface area (Å²) in [4.78, 5) is 28.6. The second kappa shape index (κ2) is 12.0. The van der Waals surface area contributed by atoms with E-state index in [4.69, 9.17) is 4.74 Å². The van der Waals surface area contributed by atoms with Gasteiger partial charge in [0, 0.05) is 24.9 Å². The zero-order chi connectivity index (χ0) is 25.3. The van der Waals surface area contributed by atoms with Crippen LogP contribution in [0.2, 0.25) is 0 Å². The van der Waals surface area contributed by atoms with Crippen LogP contribution in [0.4, 0.5) is 0 Å². The molecule has 0 spiro atoms. The highest BCUT2D eigenvalue weighted by Crippen LogP contribution is 2.25. The van der Waals surface area contributed by atoms with Gasteiger partial charge in [0.2, 0.25) is 5.91 Å². The number of carbonyl (C=O) groups is 2. The third kappa shape index (κ3) is 6.30. The summed E-state index contributed by atoms with van der Waals surface area (Å²) >= 11 is 0. The zero-order valence-corrected chi connectivity index (χ0v) is 20.8. The lowest BCUT2D eigenvalue weighted by Crippen LogP contribution is -2.51. The molecule has 0 saturated carbocycles. The number of likely N-dealkylation sites (N-methyl/N-ethyl adjacent to an activating group) is 1. The van der Waals surface area contributed by atoms with E-state index in [2.05, 4.69) is 5.32 Å². The van der Waals surface area contributed by atoms with E-state index in [-0.39, 0.29) is 18.4 Å². The highest BCUT2D eigenvalue weighted by atomic mass is 16.5. The Morgan fingerprint density at radius 1 is 0.861 bits per heavy atom. The Labute approximate surface area is 212 Å². The molecule has 0 bridgehead atoms. The molecule has 4 aromatic rings. The first-order valence-corrected chi connectivity index (χ1v) is 12.3. The van der Waals surface area contributed by atoms with Crippen LogP contribution in [0.25, 0.3) is 10.8 Å². The first-order valence-electron chi connectivity index (χ1n) is 12.3. The summed E-state index contributed by atoms with van der Waals surface area (Å²) in [6.45, 7) is 4.54. The van der Waals surface area contributed by atoms with Gasteiger partial charge in [0.15, 0.2) is 6.61 Å². The van der Waals surface area contributed by atoms with Gasteiger partial charge in [-0.1, -0.05) is 96.6 Å². The molecule has 0 aliphatic rings. The molecule has 0 aliphatic carbocycles. The van der Waals surface area contributed by atoms with Crippen LogP contribution in [0, 0.1) is 6.92 Å². The molecule has 4 rings (SSSR count). The van der Waals surface area contributed by atoms with Crippen LogP contribution in [0.3, 0.4) is 0 Å². The molecule has 5 heteroatoms. The summed E-state index contributed by atoms with van der Waals surface area (Å²) in [5.74, 6) is 0.235. The van der Waals surface area contributed by atoms with Crippen molar-refractivity contribution in [2.75, 3.05) is 13.2 Å². The molecule has 0 aromatic heterocycles. The fraction of sp³-hybridized carbons (Fsp3) is 0.226. The van der Waals surface area contributed by atoms with E-state index in [0.717, 1.165) is 27.5 Å². The molecule has 0 radical (unpaired) electrons. The normalized spacial score (nSPS) is 11.6. The van der Waals surface area contributed by atoms with Crippen LogP contribution in [0.1, 0.15) is 23.6 Å². The molecule has 4 aromatic carbocycles. The largest absolute Gasteiger partial charge is 0.483 e. The number of hydrogen-bond acceptors (Lipinski definition) is 3. The summed E-state index contributed by atoms with van der Waals surface area (Å²) in [7, 11) is 0. The van der Waals surface area contributed by atoms with Crippen molar-refractivity contribution in [3.63, 3.8) is 0 Å². The second-order valence-corrected chi connectivity index (χ2v) is 8.88. The van der Waals surface area contributed by atoms with E-state index in [0.29, 0.717) is 25.3 Å². The lowest BCUT2D eigenvalue weighted by molar-refractivity contribution is -0.142. The van der Waals surface area contributed by atoms with Gasteiger partial charge in [-0.25, -0.2) is 0 Å². The maximum absolute atomic E-state index is 13.7. The number of ether oxygens (including phenoxy) is 1. The van der Waals surface area contributed by atoms with Crippen molar-refractivity contribution in [1.82, 2.24) is 10.2 Å². The SMILES string of the molecule is CCNC(=O)C(Cc1ccccc1)N(Cc1cccc(C)c1)C(=O)COc1cccc2ccccc12. The molecule has 1 atom stereocenters. The maximum Gasteiger partial charge on any atom is 0.261 e. The van der Waals surface area contributed by atoms with Crippen LogP contribution in [0.5, 0.6) is 5.75 Å². The molecular weight excluding hydrogens is 448 g/mol. The molecule has 184 valence electrons. The minimum absolute atomic E-state index is 0.162. The average Bonchev–Trinajstić information content (AvgIpc) is 2.90. The summed E-state index contributed by atoms with van der Waals surface area (Å²) < 4.78 is 6.04. The minimum Gasteiger partial charge on any atom is -0.483 e. The predicted molar refractivity (Wildman–Crippen MR) is 144 cm³/mol. The number of amides is 2. The number of rotatable bonds is 10. The van der Waals surface area contributed by atoms with Crippen molar-refractivity contribution in [2.45, 2.75) is 32.9 Å². The number of nitrogens with one attached hydrogen (secondary N) is 1. The Balaban J connectivity index is 1.63. The average molecular weight is 481 g/mol. The highest BCUT2D eigenvalue weighted by Gasteiger charge is 2.30. The van der Waals surface area contributed by atoms with Gasteiger partial charge < -0.3 is 15.0 Å². The van der Waals surface area contributed by atoms with Gasteiger partial charge in [-0.15, -0.1) is 0 Å². The number of benzene rings is 4. The summed E-state index contributed by atoms with van der Waals surface area (Å²) in [6, 6.07) is 30.9. The summed E-state index contributed by atoms with van der Waals surface area (Å²) in [6.07, 6.45) is 0.415. The van der Waals surface area contributed by atoms with Gasteiger partial charge in [0.05, 0.1) is 0 Å². The molecule has 0 heterocycles. The van der Waals surface area contributed by atoms with E-state index in [1.165, 1.54) is 0 Å². The Bertz CT molecular complexity index is 1310. The van der Waals surface area contributed by atoms with E-state index < -0.39 is 6.04 Å². The second-order valence-electron chi connectivity index (χ2n) is 8.88. The van der Waals surface area contributed by atoms with Gasteiger partial charge in [0.1, 0.15) is 11.8 Å². The van der Waals surface area contributed by atoms with E-state index in [1.807, 2.05) is 111 Å². The Morgan fingerprint density at radius 2 is 1.56 bits per heavy atom. The quantitative estimate of drug-likeness (QED) is 0.335. The molecule has 36 heavy (non-hydrogen) atoms. The number of fused-ring (bicyclic) bond motifs is 1. The molecule has 0 fully saturated rings. The van der Waals surface area contributed by atoms with Crippen molar-refractivity contribution in [3.05, 3.63) is 114 Å². The van der Waals surface area contributed by atoms with Crippen LogP contribution < -0.4 is 10.1 Å². The maximum atomic E-state index is 13.7. The van der Waals surface area contributed by atoms with Crippen molar-refractivity contribution in [2.24, 2.45) is 0 Å². The third-order valence-electron chi connectivity index (χ3n) is 6.16. The monoisotopic (exact) mass is 480 g/mol. The van der Waals surface area contributed by atoms with Crippen LogP contribution in [-0.2, 0) is 22.6 Å². The highest BCUT2D eigenvalue weighted by molar-refractivity contribution is 5.90. The molecule has 1 N–H and O–H groups in total. The fourth-order valence-corrected chi connectivity index (χ4v) is 4.40. The Kier molecular flexibility index (Phi) is 8.35. The van der Waals surface area contributed by atoms with Gasteiger partial charge in [-0.05, 0) is 36.4 Å². The lowest BCUT2D eigenvalue weighted by atomic mass is 10.0. The number of aryl methyl sites for hydroxylation is 1. The predicted octanol–water partition coefficient (Wildman–Crippen LogP) is 5.30. The van der Waals surface area contributed by atoms with Gasteiger partial charge in [-0.2, -0.15) is 0 Å². The first kappa shape index (κ1) is 25.0. The summed E-state index contributed by atoms with van der Waals surface area (Å²) in [5, 5.41) is 4.91. The van der Waals surface area contributed by atoms with E-state index in [9.17, 15) is 9.59 Å². The van der Waals surface area contributed by atoms with Crippen molar-refractivity contribution in [1.29, 1.82) is 0 Å². The van der Waals surface area contributed by atoms with Gasteiger partial charge >= 0.3 is 0 Å². The Hall–Kier alpha value is -4.12. The van der Waals surface area contributed by atoms with Crippen molar-refractivity contribution >= 4 is 22.6 Å². The standard InChI is InChI=1S/C31H32N2O3/c1-3-32-31(35)28(20-24-12-5-4-6-13-24)33(21-25-14-9-11-23(2)19-25)30(34)22-36-29-18-10-16-26-15-7-8-17-27(26)29/h4-19,28H,3,20-22H2,1-2H3,(H,32,35). The van der Waals surface area contributed by atoms with Gasteiger partial charge in [-0.3, -0.25) is 9.59 Å². The molecule has 1 unspecified atom stereocenters. The van der Waals surface area contributed by atoms with Crippen LogP contribution >= 0.6 is 0 Å². The number of hydrogen-bond donors (Lipinski definition) is 1. The van der Waals surface area contributed by atoms with Crippen LogP contribution in [0.15, 0.2) is 97.1 Å². The van der Waals surface area contributed by atoms with Crippen LogP contribution in [-0.4, -0.2) is 35.9 Å². The number of carbonyl (C=O) groups excluding carboxylic acids is 2. The third-order valence-corrected chi connectivity index (χ3v) is 6.16. The molecule has 2 amide bonds. The number of nitrogens with zero attached hydrogens (tertiary/aromatic N) is 1. The summed E-state index contributed by atoms with van der Waals surface area (Å²) in [5.41, 5.74) is 3.06. The molecule has 5 nitrogen and oxygen atoms in total. The van der Waals surface area contributed by atoms with Gasteiger partial charge in [0.25, 0.3) is 5.91 Å². The molecular formula is C31H32N2O3. The molecule has 0 saturated heterocycles. The van der Waals surface area contributed by atoms with E-state index in [1.54, 1.807) is 4.90 Å². The lowest BCUT2D eigenvalue weighted by Gasteiger charge is -2.31. The molecule has 0 aliphatic heterocycles. The topological polar surface area (TPSA) is 58.6 Å². The fourth-order valence-electron chi connectivity index (χ4n) is 4.40.